The smallest absolute Gasteiger partial charge is 0.319 e. The lowest BCUT2D eigenvalue weighted by atomic mass is 10.1. The molecule has 5 nitrogen and oxygen atoms in total. The molecule has 1 aromatic carbocycles. The third-order valence-electron chi connectivity index (χ3n) is 3.48. The molecule has 0 spiro atoms. The van der Waals surface area contributed by atoms with E-state index < -0.39 is 0 Å². The van der Waals surface area contributed by atoms with Gasteiger partial charge >= 0.3 is 6.03 Å². The van der Waals surface area contributed by atoms with E-state index >= 15 is 0 Å². The Balaban J connectivity index is 1.84. The van der Waals surface area contributed by atoms with Gasteiger partial charge in [-0.25, -0.2) is 4.79 Å². The Hall–Kier alpha value is -2.04. The van der Waals surface area contributed by atoms with Crippen molar-refractivity contribution < 1.29 is 9.59 Å². The van der Waals surface area contributed by atoms with Gasteiger partial charge in [-0.1, -0.05) is 30.3 Å². The Kier molecular flexibility index (Phi) is 4.61. The minimum atomic E-state index is 0.0140. The summed E-state index contributed by atoms with van der Waals surface area (Å²) in [6, 6.07) is 9.76. The summed E-state index contributed by atoms with van der Waals surface area (Å²) >= 11 is 0. The Morgan fingerprint density at radius 1 is 1.00 bits per heavy atom. The van der Waals surface area contributed by atoms with Crippen LogP contribution >= 0.6 is 0 Å². The molecule has 1 saturated heterocycles. The molecule has 1 heterocycles. The lowest BCUT2D eigenvalue weighted by Gasteiger charge is -2.36. The predicted molar refractivity (Wildman–Crippen MR) is 77.4 cm³/mol. The molecule has 2 rings (SSSR count). The highest BCUT2D eigenvalue weighted by Crippen LogP contribution is 2.08. The van der Waals surface area contributed by atoms with Crippen molar-refractivity contribution in [2.24, 2.45) is 0 Å². The molecule has 0 N–H and O–H groups in total. The van der Waals surface area contributed by atoms with E-state index in [9.17, 15) is 9.59 Å². The molecule has 1 fully saturated rings. The first-order chi connectivity index (χ1) is 9.58. The number of nitrogens with zero attached hydrogens (tertiary/aromatic N) is 3. The predicted octanol–water partition coefficient (Wildman–Crippen LogP) is 1.05. The Bertz CT molecular complexity index is 465. The van der Waals surface area contributed by atoms with Crippen molar-refractivity contribution in [3.8, 4) is 0 Å². The zero-order chi connectivity index (χ0) is 14.5. The second-order valence-electron chi connectivity index (χ2n) is 5.21. The van der Waals surface area contributed by atoms with E-state index in [4.69, 9.17) is 0 Å². The summed E-state index contributed by atoms with van der Waals surface area (Å²) in [6.07, 6.45) is 0.433. The van der Waals surface area contributed by atoms with Crippen LogP contribution in [-0.2, 0) is 11.2 Å². The molecular weight excluding hydrogens is 254 g/mol. The Morgan fingerprint density at radius 3 is 2.10 bits per heavy atom. The molecule has 0 aliphatic carbocycles. The number of piperazine rings is 1. The summed E-state index contributed by atoms with van der Waals surface area (Å²) in [5.74, 6) is 0.133. The van der Waals surface area contributed by atoms with Gasteiger partial charge in [0.2, 0.25) is 5.91 Å². The maximum atomic E-state index is 12.2. The number of amides is 3. The summed E-state index contributed by atoms with van der Waals surface area (Å²) in [7, 11) is 3.49. The summed E-state index contributed by atoms with van der Waals surface area (Å²) in [4.78, 5) is 29.2. The fourth-order valence-corrected chi connectivity index (χ4v) is 2.31. The molecule has 0 unspecified atom stereocenters. The summed E-state index contributed by atoms with van der Waals surface area (Å²) in [5, 5.41) is 0. The zero-order valence-electron chi connectivity index (χ0n) is 12.1. The van der Waals surface area contributed by atoms with Crippen LogP contribution in [0.25, 0.3) is 0 Å². The average Bonchev–Trinajstić information content (AvgIpc) is 2.47. The number of benzene rings is 1. The number of carbonyl (C=O) groups excluding carboxylic acids is 2. The van der Waals surface area contributed by atoms with E-state index in [-0.39, 0.29) is 11.9 Å². The monoisotopic (exact) mass is 275 g/mol. The summed E-state index contributed by atoms with van der Waals surface area (Å²) in [5.41, 5.74) is 1.03. The highest BCUT2D eigenvalue weighted by molar-refractivity contribution is 5.79. The van der Waals surface area contributed by atoms with Crippen LogP contribution in [0.3, 0.4) is 0 Å². The molecule has 0 radical (unpaired) electrons. The minimum Gasteiger partial charge on any atom is -0.339 e. The van der Waals surface area contributed by atoms with Crippen molar-refractivity contribution in [1.82, 2.24) is 14.7 Å². The van der Waals surface area contributed by atoms with Crippen LogP contribution < -0.4 is 0 Å². The molecule has 0 aromatic heterocycles. The standard InChI is InChI=1S/C15H21N3O2/c1-16(2)15(20)18-10-8-17(9-11-18)14(19)12-13-6-4-3-5-7-13/h3-7H,8-12H2,1-2H3. The maximum absolute atomic E-state index is 12.2. The zero-order valence-corrected chi connectivity index (χ0v) is 12.1. The van der Waals surface area contributed by atoms with Crippen molar-refractivity contribution >= 4 is 11.9 Å². The number of urea groups is 1. The van der Waals surface area contributed by atoms with Gasteiger partial charge < -0.3 is 14.7 Å². The van der Waals surface area contributed by atoms with Gasteiger partial charge in [-0.05, 0) is 5.56 Å². The first-order valence-electron chi connectivity index (χ1n) is 6.86. The Labute approximate surface area is 119 Å². The normalized spacial score (nSPS) is 15.1. The van der Waals surface area contributed by atoms with Crippen molar-refractivity contribution in [3.05, 3.63) is 35.9 Å². The number of rotatable bonds is 2. The van der Waals surface area contributed by atoms with Crippen LogP contribution in [0.5, 0.6) is 0 Å². The minimum absolute atomic E-state index is 0.0140. The van der Waals surface area contributed by atoms with E-state index in [1.54, 1.807) is 23.9 Å². The first-order valence-corrected chi connectivity index (χ1v) is 6.86. The fourth-order valence-electron chi connectivity index (χ4n) is 2.31. The molecule has 108 valence electrons. The van der Waals surface area contributed by atoms with Crippen molar-refractivity contribution in [2.75, 3.05) is 40.3 Å². The van der Waals surface area contributed by atoms with Crippen LogP contribution in [0.1, 0.15) is 5.56 Å². The van der Waals surface area contributed by atoms with Crippen molar-refractivity contribution in [1.29, 1.82) is 0 Å². The molecule has 1 aliphatic heterocycles. The van der Waals surface area contributed by atoms with E-state index in [0.29, 0.717) is 32.6 Å². The van der Waals surface area contributed by atoms with Gasteiger partial charge in [0, 0.05) is 40.3 Å². The van der Waals surface area contributed by atoms with E-state index in [2.05, 4.69) is 0 Å². The van der Waals surface area contributed by atoms with Gasteiger partial charge in [-0.3, -0.25) is 4.79 Å². The van der Waals surface area contributed by atoms with Crippen LogP contribution in [0.2, 0.25) is 0 Å². The quantitative estimate of drug-likeness (QED) is 0.810. The van der Waals surface area contributed by atoms with Crippen LogP contribution in [0.15, 0.2) is 30.3 Å². The molecular formula is C15H21N3O2. The molecule has 0 saturated carbocycles. The third-order valence-corrected chi connectivity index (χ3v) is 3.48. The van der Waals surface area contributed by atoms with Gasteiger partial charge in [0.25, 0.3) is 0 Å². The van der Waals surface area contributed by atoms with Crippen LogP contribution in [0, 0.1) is 0 Å². The molecule has 1 aromatic rings. The lowest BCUT2D eigenvalue weighted by molar-refractivity contribution is -0.131. The van der Waals surface area contributed by atoms with Gasteiger partial charge in [0.1, 0.15) is 0 Å². The third kappa shape index (κ3) is 3.50. The van der Waals surface area contributed by atoms with E-state index in [1.165, 1.54) is 0 Å². The van der Waals surface area contributed by atoms with Gasteiger partial charge in [-0.15, -0.1) is 0 Å². The SMILES string of the molecule is CN(C)C(=O)N1CCN(C(=O)Cc2ccccc2)CC1. The fraction of sp³-hybridized carbons (Fsp3) is 0.467. The lowest BCUT2D eigenvalue weighted by Crippen LogP contribution is -2.53. The summed E-state index contributed by atoms with van der Waals surface area (Å²) in [6.45, 7) is 2.45. The highest BCUT2D eigenvalue weighted by Gasteiger charge is 2.24. The largest absolute Gasteiger partial charge is 0.339 e. The maximum Gasteiger partial charge on any atom is 0.319 e. The van der Waals surface area contributed by atoms with Gasteiger partial charge in [-0.2, -0.15) is 0 Å². The molecule has 1 aliphatic rings. The van der Waals surface area contributed by atoms with Gasteiger partial charge in [0.15, 0.2) is 0 Å². The number of carbonyl (C=O) groups is 2. The average molecular weight is 275 g/mol. The molecule has 20 heavy (non-hydrogen) atoms. The molecule has 3 amide bonds. The molecule has 0 bridgehead atoms. The number of hydrogen-bond acceptors (Lipinski definition) is 2. The van der Waals surface area contributed by atoms with Crippen molar-refractivity contribution in [2.45, 2.75) is 6.42 Å². The first kappa shape index (κ1) is 14.4. The molecule has 5 heteroatoms. The second-order valence-corrected chi connectivity index (χ2v) is 5.21. The van der Waals surface area contributed by atoms with Crippen molar-refractivity contribution in [3.63, 3.8) is 0 Å². The summed E-state index contributed by atoms with van der Waals surface area (Å²) < 4.78 is 0. The molecule has 0 atom stereocenters. The van der Waals surface area contributed by atoms with Crippen LogP contribution in [-0.4, -0.2) is 66.9 Å². The second kappa shape index (κ2) is 6.41. The van der Waals surface area contributed by atoms with E-state index in [0.717, 1.165) is 5.56 Å². The van der Waals surface area contributed by atoms with Gasteiger partial charge in [0.05, 0.1) is 6.42 Å². The number of hydrogen-bond donors (Lipinski definition) is 0. The van der Waals surface area contributed by atoms with E-state index in [1.807, 2.05) is 35.2 Å². The topological polar surface area (TPSA) is 43.9 Å². The highest BCUT2D eigenvalue weighted by atomic mass is 16.2. The van der Waals surface area contributed by atoms with Crippen LogP contribution in [0.4, 0.5) is 4.79 Å². The Morgan fingerprint density at radius 2 is 1.55 bits per heavy atom.